The monoisotopic (exact) mass is 391 g/mol. The van der Waals surface area contributed by atoms with Gasteiger partial charge in [0.05, 0.1) is 12.1 Å². The second-order valence-corrected chi connectivity index (χ2v) is 6.66. The number of rotatable bonds is 9. The van der Waals surface area contributed by atoms with Crippen LogP contribution < -0.4 is 16.4 Å². The number of carboxylic acids is 1. The van der Waals surface area contributed by atoms with Gasteiger partial charge in [-0.15, -0.1) is 0 Å². The van der Waals surface area contributed by atoms with Gasteiger partial charge in [0.1, 0.15) is 24.4 Å². The van der Waals surface area contributed by atoms with E-state index in [-0.39, 0.29) is 13.0 Å². The highest BCUT2D eigenvalue weighted by Gasteiger charge is 2.43. The van der Waals surface area contributed by atoms with Crippen LogP contribution in [0.4, 0.5) is 0 Å². The lowest BCUT2D eigenvalue weighted by Gasteiger charge is -2.37. The van der Waals surface area contributed by atoms with Gasteiger partial charge in [-0.05, 0) is 13.3 Å². The zero-order valence-electron chi connectivity index (χ0n) is 15.4. The molecule has 0 radical (unpaired) electrons. The molecule has 1 heterocycles. The number of aliphatic hydroxyl groups excluding tert-OH is 3. The molecule has 0 aromatic carbocycles. The first-order valence-electron chi connectivity index (χ1n) is 8.84. The fourth-order valence-electron chi connectivity index (χ4n) is 2.68. The third-order valence-electron chi connectivity index (χ3n) is 4.34. The summed E-state index contributed by atoms with van der Waals surface area (Å²) in [6.07, 6.45) is -6.24. The van der Waals surface area contributed by atoms with Gasteiger partial charge < -0.3 is 41.5 Å². The number of carboxylic acid groups (broad SMARTS) is 1. The molecule has 7 atom stereocenters. The van der Waals surface area contributed by atoms with E-state index in [1.807, 2.05) is 6.92 Å². The Morgan fingerprint density at radius 2 is 1.89 bits per heavy atom. The summed E-state index contributed by atoms with van der Waals surface area (Å²) in [5.41, 5.74) is 5.66. The molecule has 8 N–H and O–H groups in total. The molecule has 1 aliphatic heterocycles. The van der Waals surface area contributed by atoms with Gasteiger partial charge in [-0.25, -0.2) is 4.79 Å². The molecule has 0 spiro atoms. The van der Waals surface area contributed by atoms with E-state index >= 15 is 0 Å². The normalized spacial score (nSPS) is 28.7. The van der Waals surface area contributed by atoms with E-state index in [4.69, 9.17) is 15.6 Å². The average molecular weight is 391 g/mol. The van der Waals surface area contributed by atoms with Crippen molar-refractivity contribution in [1.82, 2.24) is 10.6 Å². The molecule has 0 bridgehead atoms. The highest BCUT2D eigenvalue weighted by atomic mass is 16.5. The lowest BCUT2D eigenvalue weighted by atomic mass is 9.94. The number of amides is 2. The molecule has 1 aliphatic rings. The van der Waals surface area contributed by atoms with Crippen molar-refractivity contribution in [2.45, 2.75) is 75.7 Å². The number of nitrogens with one attached hydrogen (secondary N) is 2. The van der Waals surface area contributed by atoms with Crippen molar-refractivity contribution in [3.05, 3.63) is 0 Å². The number of nitrogens with two attached hydrogens (primary N) is 1. The zero-order valence-corrected chi connectivity index (χ0v) is 15.4. The van der Waals surface area contributed by atoms with E-state index in [1.165, 1.54) is 6.92 Å². The number of ether oxygens (including phenoxy) is 1. The van der Waals surface area contributed by atoms with Gasteiger partial charge in [0, 0.05) is 13.0 Å². The fourth-order valence-corrected chi connectivity index (χ4v) is 2.68. The van der Waals surface area contributed by atoms with Gasteiger partial charge in [-0.3, -0.25) is 9.59 Å². The highest BCUT2D eigenvalue weighted by molar-refractivity contribution is 5.89. The highest BCUT2D eigenvalue weighted by Crippen LogP contribution is 2.22. The summed E-state index contributed by atoms with van der Waals surface area (Å²) >= 11 is 0. The third-order valence-corrected chi connectivity index (χ3v) is 4.34. The van der Waals surface area contributed by atoms with Crippen LogP contribution in [0, 0.1) is 0 Å². The summed E-state index contributed by atoms with van der Waals surface area (Å²) in [5, 5.41) is 43.5. The summed E-state index contributed by atoms with van der Waals surface area (Å²) in [6, 6.07) is -1.64. The molecule has 0 aromatic heterocycles. The number of hydrogen-bond donors (Lipinski definition) is 7. The Hall–Kier alpha value is -1.79. The molecule has 11 nitrogen and oxygen atoms in total. The minimum Gasteiger partial charge on any atom is -0.479 e. The maximum Gasteiger partial charge on any atom is 0.332 e. The van der Waals surface area contributed by atoms with E-state index in [0.29, 0.717) is 12.8 Å². The maximum atomic E-state index is 12.0. The molecular weight excluding hydrogens is 362 g/mol. The van der Waals surface area contributed by atoms with Gasteiger partial charge >= 0.3 is 5.97 Å². The molecule has 1 saturated heterocycles. The van der Waals surface area contributed by atoms with Gasteiger partial charge in [0.25, 0.3) is 0 Å². The smallest absolute Gasteiger partial charge is 0.332 e. The van der Waals surface area contributed by atoms with Gasteiger partial charge in [-0.1, -0.05) is 13.3 Å². The lowest BCUT2D eigenvalue weighted by molar-refractivity contribution is -0.208. The van der Waals surface area contributed by atoms with Crippen molar-refractivity contribution in [2.75, 3.05) is 6.54 Å². The van der Waals surface area contributed by atoms with Crippen LogP contribution >= 0.6 is 0 Å². The standard InChI is InChI=1S/C16H29N3O8/c1-3-4-8(17)15(24)19-7(2)14(23)18-6-10(21)13-12(22)9(20)5-11(27-13)16(25)26/h7-13,20-22H,3-6,17H2,1-2H3,(H,18,23)(H,19,24)(H,25,26)/t7-,8-,9+,10+,11-,12+,13+/m0/s1. The lowest BCUT2D eigenvalue weighted by Crippen LogP contribution is -2.58. The van der Waals surface area contributed by atoms with E-state index in [9.17, 15) is 29.7 Å². The fraction of sp³-hybridized carbons (Fsp3) is 0.812. The minimum absolute atomic E-state index is 0.312. The van der Waals surface area contributed by atoms with E-state index < -0.39 is 60.4 Å². The molecule has 0 aromatic rings. The van der Waals surface area contributed by atoms with E-state index in [0.717, 1.165) is 0 Å². The van der Waals surface area contributed by atoms with Crippen LogP contribution in [0.1, 0.15) is 33.1 Å². The first kappa shape index (κ1) is 23.2. The van der Waals surface area contributed by atoms with Crippen molar-refractivity contribution < 1.29 is 39.5 Å². The van der Waals surface area contributed by atoms with Crippen LogP contribution in [0.3, 0.4) is 0 Å². The number of aliphatic carboxylic acids is 1. The molecule has 0 unspecified atom stereocenters. The van der Waals surface area contributed by atoms with Crippen molar-refractivity contribution in [3.8, 4) is 0 Å². The summed E-state index contributed by atoms with van der Waals surface area (Å²) in [7, 11) is 0. The van der Waals surface area contributed by atoms with Crippen LogP contribution in [0.25, 0.3) is 0 Å². The van der Waals surface area contributed by atoms with E-state index in [2.05, 4.69) is 10.6 Å². The van der Waals surface area contributed by atoms with Crippen molar-refractivity contribution in [2.24, 2.45) is 5.73 Å². The molecular formula is C16H29N3O8. The molecule has 1 rings (SSSR count). The average Bonchev–Trinajstić information content (AvgIpc) is 2.61. The minimum atomic E-state index is -1.50. The summed E-state index contributed by atoms with van der Waals surface area (Å²) < 4.78 is 5.11. The predicted molar refractivity (Wildman–Crippen MR) is 92.4 cm³/mol. The van der Waals surface area contributed by atoms with Crippen molar-refractivity contribution >= 4 is 17.8 Å². The van der Waals surface area contributed by atoms with Gasteiger partial charge in [0.15, 0.2) is 6.10 Å². The van der Waals surface area contributed by atoms with Gasteiger partial charge in [-0.2, -0.15) is 0 Å². The largest absolute Gasteiger partial charge is 0.479 e. The SMILES string of the molecule is CCC[C@H](N)C(=O)N[C@@H](C)C(=O)NC[C@@H](O)[C@H]1O[C@H](C(=O)O)C[C@@H](O)[C@H]1O. The molecule has 27 heavy (non-hydrogen) atoms. The topological polar surface area (TPSA) is 191 Å². The zero-order chi connectivity index (χ0) is 20.7. The summed E-state index contributed by atoms with van der Waals surface area (Å²) in [5.74, 6) is -2.41. The van der Waals surface area contributed by atoms with Crippen LogP contribution in [-0.2, 0) is 19.1 Å². The Morgan fingerprint density at radius 3 is 2.44 bits per heavy atom. The summed E-state index contributed by atoms with van der Waals surface area (Å²) in [4.78, 5) is 34.9. The Balaban J connectivity index is 2.54. The molecule has 0 aliphatic carbocycles. The third kappa shape index (κ3) is 6.70. The maximum absolute atomic E-state index is 12.0. The number of hydrogen-bond acceptors (Lipinski definition) is 8. The Labute approximate surface area is 156 Å². The molecule has 156 valence electrons. The van der Waals surface area contributed by atoms with Crippen molar-refractivity contribution in [1.29, 1.82) is 0 Å². The molecule has 11 heteroatoms. The first-order chi connectivity index (χ1) is 12.6. The van der Waals surface area contributed by atoms with Crippen molar-refractivity contribution in [3.63, 3.8) is 0 Å². The molecule has 1 fully saturated rings. The van der Waals surface area contributed by atoms with Crippen LogP contribution in [0.2, 0.25) is 0 Å². The van der Waals surface area contributed by atoms with E-state index in [1.54, 1.807) is 0 Å². The molecule has 0 saturated carbocycles. The number of carbonyl (C=O) groups excluding carboxylic acids is 2. The van der Waals surface area contributed by atoms with Crippen LogP contribution in [0.15, 0.2) is 0 Å². The number of aliphatic hydroxyl groups is 3. The van der Waals surface area contributed by atoms with Crippen LogP contribution in [0.5, 0.6) is 0 Å². The van der Waals surface area contributed by atoms with Crippen LogP contribution in [-0.4, -0.2) is 87.4 Å². The predicted octanol–water partition coefficient (Wildman–Crippen LogP) is -2.94. The quantitative estimate of drug-likeness (QED) is 0.215. The second kappa shape index (κ2) is 10.5. The van der Waals surface area contributed by atoms with Gasteiger partial charge in [0.2, 0.25) is 11.8 Å². The Kier molecular flexibility index (Phi) is 9.06. The number of carbonyl (C=O) groups is 3. The second-order valence-electron chi connectivity index (χ2n) is 6.66. The first-order valence-corrected chi connectivity index (χ1v) is 8.84. The Bertz CT molecular complexity index is 532. The molecule has 2 amide bonds. The summed E-state index contributed by atoms with van der Waals surface area (Å²) in [6.45, 7) is 2.94. The Morgan fingerprint density at radius 1 is 1.26 bits per heavy atom.